The third-order valence-corrected chi connectivity index (χ3v) is 5.91. The van der Waals surface area contributed by atoms with Crippen molar-refractivity contribution in [1.29, 1.82) is 0 Å². The number of alkyl halides is 3. The van der Waals surface area contributed by atoms with Gasteiger partial charge in [0.1, 0.15) is 23.9 Å². The van der Waals surface area contributed by atoms with Crippen LogP contribution in [0, 0.1) is 12.8 Å². The van der Waals surface area contributed by atoms with E-state index in [4.69, 9.17) is 0 Å². The molecule has 31 heavy (non-hydrogen) atoms. The highest BCUT2D eigenvalue weighted by atomic mass is 19.4. The Kier molecular flexibility index (Phi) is 5.59. The summed E-state index contributed by atoms with van der Waals surface area (Å²) < 4.78 is 41.7. The Morgan fingerprint density at radius 2 is 1.97 bits per heavy atom. The van der Waals surface area contributed by atoms with E-state index in [1.807, 2.05) is 13.8 Å². The van der Waals surface area contributed by atoms with Gasteiger partial charge in [0, 0.05) is 30.9 Å². The molecule has 0 radical (unpaired) electrons. The van der Waals surface area contributed by atoms with Crippen molar-refractivity contribution in [3.05, 3.63) is 23.8 Å². The number of nitrogens with zero attached hydrogens (tertiary/aromatic N) is 5. The van der Waals surface area contributed by atoms with Gasteiger partial charge >= 0.3 is 12.2 Å². The number of nitrogens with one attached hydrogen (secondary N) is 1. The van der Waals surface area contributed by atoms with Crippen molar-refractivity contribution >= 4 is 17.5 Å². The maximum absolute atomic E-state index is 13.4. The zero-order chi connectivity index (χ0) is 22.5. The van der Waals surface area contributed by atoms with E-state index < -0.39 is 24.4 Å². The van der Waals surface area contributed by atoms with Crippen LogP contribution in [0.3, 0.4) is 0 Å². The minimum atomic E-state index is -4.47. The van der Waals surface area contributed by atoms with Crippen LogP contribution in [-0.2, 0) is 0 Å². The van der Waals surface area contributed by atoms with E-state index in [0.717, 1.165) is 6.42 Å². The molecule has 1 saturated heterocycles. The number of urea groups is 1. The normalized spacial score (nSPS) is 20.1. The number of rotatable bonds is 6. The number of fused-ring (bicyclic) bond motifs is 1. The van der Waals surface area contributed by atoms with Gasteiger partial charge in [-0.2, -0.15) is 13.2 Å². The van der Waals surface area contributed by atoms with Crippen molar-refractivity contribution in [1.82, 2.24) is 24.6 Å². The van der Waals surface area contributed by atoms with E-state index in [-0.39, 0.29) is 23.4 Å². The van der Waals surface area contributed by atoms with Crippen molar-refractivity contribution < 1.29 is 23.1 Å². The number of aliphatic hydroxyl groups is 1. The summed E-state index contributed by atoms with van der Waals surface area (Å²) in [5.41, 5.74) is 0.932. The number of carbonyl (C=O) groups is 1. The number of aryl methyl sites for hydroxylation is 1. The molecule has 11 heteroatoms. The average Bonchev–Trinajstić information content (AvgIpc) is 3.42. The molecule has 3 heterocycles. The summed E-state index contributed by atoms with van der Waals surface area (Å²) in [6.07, 6.45) is -2.96. The summed E-state index contributed by atoms with van der Waals surface area (Å²) in [5.74, 6) is -0.148. The number of aromatic nitrogens is 3. The average molecular weight is 440 g/mol. The lowest BCUT2D eigenvalue weighted by Gasteiger charge is -2.37. The molecule has 2 aliphatic rings. The summed E-state index contributed by atoms with van der Waals surface area (Å²) in [4.78, 5) is 24.9. The largest absolute Gasteiger partial charge is 0.404 e. The highest BCUT2D eigenvalue weighted by Gasteiger charge is 2.49. The lowest BCUT2D eigenvalue weighted by atomic mass is 10.1. The highest BCUT2D eigenvalue weighted by Crippen LogP contribution is 2.41. The van der Waals surface area contributed by atoms with Crippen LogP contribution in [0.2, 0.25) is 0 Å². The number of hydrogen-bond acceptors (Lipinski definition) is 5. The van der Waals surface area contributed by atoms with Crippen molar-refractivity contribution in [3.8, 4) is 0 Å². The summed E-state index contributed by atoms with van der Waals surface area (Å²) >= 11 is 0. The van der Waals surface area contributed by atoms with Gasteiger partial charge in [-0.3, -0.25) is 14.6 Å². The van der Waals surface area contributed by atoms with Gasteiger partial charge in [0.25, 0.3) is 0 Å². The number of hydrogen-bond donors (Lipinski definition) is 2. The van der Waals surface area contributed by atoms with Gasteiger partial charge < -0.3 is 10.0 Å². The van der Waals surface area contributed by atoms with Crippen LogP contribution in [0.25, 0.3) is 5.65 Å². The first-order chi connectivity index (χ1) is 14.6. The van der Waals surface area contributed by atoms with Crippen LogP contribution in [0.5, 0.6) is 0 Å². The molecule has 1 aliphatic carbocycles. The fourth-order valence-corrected chi connectivity index (χ4v) is 4.07. The molecule has 4 rings (SSSR count). The van der Waals surface area contributed by atoms with E-state index in [2.05, 4.69) is 15.3 Å². The zero-order valence-corrected chi connectivity index (χ0v) is 17.7. The molecule has 2 atom stereocenters. The lowest BCUT2D eigenvalue weighted by Crippen LogP contribution is -2.52. The molecule has 2 aromatic heterocycles. The minimum absolute atomic E-state index is 0.00465. The molecule has 2 amide bonds. The summed E-state index contributed by atoms with van der Waals surface area (Å²) in [5, 5.41) is 12.8. The smallest absolute Gasteiger partial charge is 0.372 e. The highest BCUT2D eigenvalue weighted by molar-refractivity contribution is 5.92. The number of amides is 2. The van der Waals surface area contributed by atoms with E-state index >= 15 is 0 Å². The first kappa shape index (κ1) is 21.8. The van der Waals surface area contributed by atoms with Crippen molar-refractivity contribution in [2.75, 3.05) is 18.0 Å². The molecule has 2 aromatic rings. The molecule has 2 fully saturated rings. The monoisotopic (exact) mass is 440 g/mol. The van der Waals surface area contributed by atoms with Gasteiger partial charge in [-0.25, -0.2) is 14.8 Å². The van der Waals surface area contributed by atoms with Crippen LogP contribution in [-0.4, -0.2) is 61.8 Å². The Morgan fingerprint density at radius 3 is 2.58 bits per heavy atom. The number of carbonyl (C=O) groups excluding carboxylic acids is 1. The zero-order valence-electron chi connectivity index (χ0n) is 17.7. The molecule has 1 saturated carbocycles. The van der Waals surface area contributed by atoms with Crippen LogP contribution in [0.15, 0.2) is 12.4 Å². The van der Waals surface area contributed by atoms with Crippen LogP contribution in [0.4, 0.5) is 23.8 Å². The molecule has 0 aromatic carbocycles. The second kappa shape index (κ2) is 7.94. The molecule has 2 unspecified atom stereocenters. The molecule has 1 aliphatic heterocycles. The number of imidazole rings is 1. The molecular formula is C20H27F3N6O2. The predicted octanol–water partition coefficient (Wildman–Crippen LogP) is 3.00. The summed E-state index contributed by atoms with van der Waals surface area (Å²) in [6.45, 7) is 6.83. The minimum Gasteiger partial charge on any atom is -0.372 e. The molecular weight excluding hydrogens is 413 g/mol. The Labute approximate surface area is 178 Å². The third-order valence-electron chi connectivity index (χ3n) is 5.91. The lowest BCUT2D eigenvalue weighted by molar-refractivity contribution is -0.168. The number of anilines is 1. The van der Waals surface area contributed by atoms with Gasteiger partial charge in [0.15, 0.2) is 11.9 Å². The van der Waals surface area contributed by atoms with E-state index in [1.165, 1.54) is 6.33 Å². The third kappa shape index (κ3) is 4.20. The van der Waals surface area contributed by atoms with Crippen molar-refractivity contribution in [2.24, 2.45) is 5.92 Å². The van der Waals surface area contributed by atoms with Gasteiger partial charge in [0.05, 0.1) is 0 Å². The van der Waals surface area contributed by atoms with Gasteiger partial charge in [-0.15, -0.1) is 0 Å². The summed E-state index contributed by atoms with van der Waals surface area (Å²) in [7, 11) is 0. The Hall–Kier alpha value is -2.40. The first-order valence-corrected chi connectivity index (χ1v) is 10.5. The maximum atomic E-state index is 13.4. The van der Waals surface area contributed by atoms with Crippen LogP contribution >= 0.6 is 0 Å². The van der Waals surface area contributed by atoms with E-state index in [9.17, 15) is 23.1 Å². The van der Waals surface area contributed by atoms with Crippen molar-refractivity contribution in [2.45, 2.75) is 64.5 Å². The molecule has 0 bridgehead atoms. The molecule has 2 N–H and O–H groups in total. The van der Waals surface area contributed by atoms with Crippen LogP contribution in [0.1, 0.15) is 50.7 Å². The topological polar surface area (TPSA) is 86.0 Å². The van der Waals surface area contributed by atoms with Gasteiger partial charge in [0.2, 0.25) is 0 Å². The van der Waals surface area contributed by atoms with Gasteiger partial charge in [-0.05, 0) is 46.0 Å². The Bertz CT molecular complexity index is 972. The van der Waals surface area contributed by atoms with Crippen molar-refractivity contribution in [3.63, 3.8) is 0 Å². The Morgan fingerprint density at radius 1 is 1.26 bits per heavy atom. The quantitative estimate of drug-likeness (QED) is 0.675. The molecule has 8 nitrogen and oxygen atoms in total. The number of aliphatic hydroxyl groups excluding tert-OH is 1. The van der Waals surface area contributed by atoms with Gasteiger partial charge in [-0.1, -0.05) is 0 Å². The second-order valence-corrected chi connectivity index (χ2v) is 8.58. The molecule has 170 valence electrons. The predicted molar refractivity (Wildman–Crippen MR) is 108 cm³/mol. The fourth-order valence-electron chi connectivity index (χ4n) is 4.07. The van der Waals surface area contributed by atoms with E-state index in [1.54, 1.807) is 27.2 Å². The SMILES string of the molecule is Cc1cc(N2CCCN(C(C)C)C2=O)nc2c(C(O)NC(C3CC3)C(F)(F)F)ncn12. The van der Waals surface area contributed by atoms with E-state index in [0.29, 0.717) is 37.4 Å². The number of halogens is 3. The molecule has 0 spiro atoms. The second-order valence-electron chi connectivity index (χ2n) is 8.58. The standard InChI is InChI=1S/C20H27F3N6O2/c1-11(2)27-7-4-8-28(19(27)31)14-9-12(3)29-10-24-15(17(29)25-14)18(30)26-16(13-5-6-13)20(21,22)23/h9-11,13,16,18,26,30H,4-8H2,1-3H3. The van der Waals surface area contributed by atoms with Crippen LogP contribution < -0.4 is 10.2 Å². The maximum Gasteiger partial charge on any atom is 0.404 e. The summed E-state index contributed by atoms with van der Waals surface area (Å²) in [6, 6.07) is -0.184. The Balaban J connectivity index is 1.66. The fraction of sp³-hybridized carbons (Fsp3) is 0.650. The first-order valence-electron chi connectivity index (χ1n) is 10.5.